The molecule has 6 atom stereocenters. The van der Waals surface area contributed by atoms with Crippen molar-refractivity contribution in [3.8, 4) is 0 Å². The number of rotatable bonds is 2. The second-order valence-electron chi connectivity index (χ2n) is 11.2. The molecule has 0 saturated carbocycles. The highest BCUT2D eigenvalue weighted by molar-refractivity contribution is 6.04. The van der Waals surface area contributed by atoms with Crippen LogP contribution < -0.4 is 11.1 Å². The minimum Gasteiger partial charge on any atom is -0.348 e. The van der Waals surface area contributed by atoms with Crippen molar-refractivity contribution in [2.75, 3.05) is 14.1 Å². The van der Waals surface area contributed by atoms with Crippen LogP contribution in [0.15, 0.2) is 24.3 Å². The number of hydrogen-bond acceptors (Lipinski definition) is 5. The van der Waals surface area contributed by atoms with Gasteiger partial charge in [0, 0.05) is 48.7 Å². The number of amides is 1. The van der Waals surface area contributed by atoms with Gasteiger partial charge in [0.1, 0.15) is 0 Å². The van der Waals surface area contributed by atoms with E-state index in [1.54, 1.807) is 4.68 Å². The Balaban J connectivity index is 0.000000183. The standard InChI is InChI=1S/C18H24N4O.C9H18N2/c1-21-13-6-5-7-14(21)11-12(10-13)19-18(23)17-15-8-3-4-9-16(15)22(2)20-17;1-11-8-3-2-4-9(11)6-7(10)5-8/h3-4,8-9,12-14H,5-7,10-11H2,1-2H3,(H,19,23);7-9H,2-6,10H2,1H3/t12?,13-,14+;7?,8-,9+. The minimum atomic E-state index is -0.0329. The molecule has 7 nitrogen and oxygen atoms in total. The maximum absolute atomic E-state index is 12.7. The summed E-state index contributed by atoms with van der Waals surface area (Å²) in [5.41, 5.74) is 7.51. The first-order chi connectivity index (χ1) is 16.4. The number of hydrogen-bond donors (Lipinski definition) is 2. The highest BCUT2D eigenvalue weighted by Crippen LogP contribution is 2.33. The first-order valence-electron chi connectivity index (χ1n) is 13.3. The molecule has 5 heterocycles. The maximum Gasteiger partial charge on any atom is 0.272 e. The highest BCUT2D eigenvalue weighted by atomic mass is 16.2. The Morgan fingerprint density at radius 3 is 2.00 bits per heavy atom. The van der Waals surface area contributed by atoms with Crippen molar-refractivity contribution in [1.82, 2.24) is 24.9 Å². The SMILES string of the molecule is CN1[C@@H]2CCC[C@H]1CC(N)C2.CN1[C@@H]2CCC[C@H]1CC(NC(=O)c1nn(C)c3ccccc13)C2. The molecule has 0 radical (unpaired) electrons. The summed E-state index contributed by atoms with van der Waals surface area (Å²) in [5, 5.41) is 8.62. The third kappa shape index (κ3) is 4.75. The van der Waals surface area contributed by atoms with Crippen molar-refractivity contribution in [3.63, 3.8) is 0 Å². The molecule has 34 heavy (non-hydrogen) atoms. The molecular weight excluding hydrogens is 424 g/mol. The van der Waals surface area contributed by atoms with E-state index in [2.05, 4.69) is 34.3 Å². The van der Waals surface area contributed by atoms with Crippen molar-refractivity contribution in [3.05, 3.63) is 30.0 Å². The molecule has 4 aliphatic heterocycles. The predicted octanol–water partition coefficient (Wildman–Crippen LogP) is 3.28. The number of para-hydroxylation sites is 1. The molecule has 3 N–H and O–H groups in total. The summed E-state index contributed by atoms with van der Waals surface area (Å²) >= 11 is 0. The lowest BCUT2D eigenvalue weighted by atomic mass is 9.82. The average molecular weight is 467 g/mol. The zero-order valence-corrected chi connectivity index (χ0v) is 21.1. The molecule has 4 saturated heterocycles. The third-order valence-corrected chi connectivity index (χ3v) is 9.02. The molecule has 7 heteroatoms. The summed E-state index contributed by atoms with van der Waals surface area (Å²) in [6.07, 6.45) is 12.6. The lowest BCUT2D eigenvalue weighted by molar-refractivity contribution is 0.0462. The molecule has 2 aromatic rings. The number of fused-ring (bicyclic) bond motifs is 5. The number of nitrogens with two attached hydrogens (primary N) is 1. The Bertz CT molecular complexity index is 976. The molecular formula is C27H42N6O. The molecule has 4 bridgehead atoms. The molecule has 4 aliphatic rings. The summed E-state index contributed by atoms with van der Waals surface area (Å²) in [4.78, 5) is 17.8. The molecule has 186 valence electrons. The second-order valence-corrected chi connectivity index (χ2v) is 11.2. The summed E-state index contributed by atoms with van der Waals surface area (Å²) < 4.78 is 1.79. The molecule has 0 aliphatic carbocycles. The summed E-state index contributed by atoms with van der Waals surface area (Å²) in [7, 11) is 6.39. The maximum atomic E-state index is 12.7. The topological polar surface area (TPSA) is 79.4 Å². The normalized spacial score (nSPS) is 33.8. The smallest absolute Gasteiger partial charge is 0.272 e. The number of aryl methyl sites for hydroxylation is 1. The fraction of sp³-hybridized carbons (Fsp3) is 0.704. The summed E-state index contributed by atoms with van der Waals surface area (Å²) in [6, 6.07) is 11.5. The zero-order chi connectivity index (χ0) is 23.8. The highest BCUT2D eigenvalue weighted by Gasteiger charge is 2.37. The van der Waals surface area contributed by atoms with E-state index < -0.39 is 0 Å². The number of nitrogens with one attached hydrogen (secondary N) is 1. The monoisotopic (exact) mass is 466 g/mol. The van der Waals surface area contributed by atoms with Gasteiger partial charge in [0.2, 0.25) is 0 Å². The van der Waals surface area contributed by atoms with Gasteiger partial charge in [-0.15, -0.1) is 0 Å². The fourth-order valence-electron chi connectivity index (χ4n) is 7.03. The second kappa shape index (κ2) is 9.96. The van der Waals surface area contributed by atoms with Crippen LogP contribution in [0.1, 0.15) is 74.7 Å². The van der Waals surface area contributed by atoms with E-state index in [9.17, 15) is 4.79 Å². The largest absolute Gasteiger partial charge is 0.348 e. The average Bonchev–Trinajstić information content (AvgIpc) is 3.13. The Labute approximate surface area is 204 Å². The van der Waals surface area contributed by atoms with Crippen molar-refractivity contribution in [2.24, 2.45) is 12.8 Å². The van der Waals surface area contributed by atoms with E-state index in [0.717, 1.165) is 35.8 Å². The minimum absolute atomic E-state index is 0.0329. The van der Waals surface area contributed by atoms with Gasteiger partial charge >= 0.3 is 0 Å². The lowest BCUT2D eigenvalue weighted by Gasteiger charge is -2.47. The molecule has 2 unspecified atom stereocenters. The van der Waals surface area contributed by atoms with Gasteiger partial charge in [-0.05, 0) is 71.5 Å². The first-order valence-corrected chi connectivity index (χ1v) is 13.3. The van der Waals surface area contributed by atoms with Gasteiger partial charge in [-0.2, -0.15) is 5.10 Å². The molecule has 1 aromatic carbocycles. The van der Waals surface area contributed by atoms with E-state index in [-0.39, 0.29) is 11.9 Å². The van der Waals surface area contributed by atoms with Gasteiger partial charge in [-0.1, -0.05) is 31.0 Å². The number of aromatic nitrogens is 2. The lowest BCUT2D eigenvalue weighted by Crippen LogP contribution is -2.55. The van der Waals surface area contributed by atoms with Crippen molar-refractivity contribution < 1.29 is 4.79 Å². The number of carbonyl (C=O) groups is 1. The molecule has 1 amide bonds. The number of benzene rings is 1. The Morgan fingerprint density at radius 2 is 1.41 bits per heavy atom. The van der Waals surface area contributed by atoms with Crippen LogP contribution in [0.4, 0.5) is 0 Å². The summed E-state index contributed by atoms with van der Waals surface area (Å²) in [6.45, 7) is 0. The van der Waals surface area contributed by atoms with Gasteiger partial charge in [0.25, 0.3) is 5.91 Å². The van der Waals surface area contributed by atoms with Crippen molar-refractivity contribution >= 4 is 16.8 Å². The van der Waals surface area contributed by atoms with Gasteiger partial charge in [0.05, 0.1) is 5.52 Å². The Hall–Kier alpha value is -1.96. The Morgan fingerprint density at radius 1 is 0.882 bits per heavy atom. The van der Waals surface area contributed by atoms with Crippen LogP contribution in [0.25, 0.3) is 10.9 Å². The van der Waals surface area contributed by atoms with Crippen LogP contribution in [0.3, 0.4) is 0 Å². The van der Waals surface area contributed by atoms with Gasteiger partial charge < -0.3 is 20.9 Å². The number of piperidine rings is 4. The van der Waals surface area contributed by atoms with E-state index in [4.69, 9.17) is 5.73 Å². The third-order valence-electron chi connectivity index (χ3n) is 9.02. The fourth-order valence-corrected chi connectivity index (χ4v) is 7.03. The van der Waals surface area contributed by atoms with E-state index in [1.165, 1.54) is 51.4 Å². The van der Waals surface area contributed by atoms with Crippen LogP contribution in [0.5, 0.6) is 0 Å². The molecule has 1 aromatic heterocycles. The van der Waals surface area contributed by atoms with Crippen LogP contribution in [0.2, 0.25) is 0 Å². The van der Waals surface area contributed by atoms with Gasteiger partial charge in [-0.25, -0.2) is 0 Å². The number of carbonyl (C=O) groups excluding carboxylic acids is 1. The van der Waals surface area contributed by atoms with E-state index in [1.807, 2.05) is 31.3 Å². The molecule has 6 rings (SSSR count). The number of nitrogens with zero attached hydrogens (tertiary/aromatic N) is 4. The van der Waals surface area contributed by atoms with Gasteiger partial charge in [-0.3, -0.25) is 9.48 Å². The van der Waals surface area contributed by atoms with Gasteiger partial charge in [0.15, 0.2) is 5.69 Å². The van der Waals surface area contributed by atoms with Crippen LogP contribution in [-0.4, -0.2) is 75.8 Å². The molecule has 0 spiro atoms. The summed E-state index contributed by atoms with van der Waals surface area (Å²) in [5.74, 6) is -0.0329. The Kier molecular flexibility index (Phi) is 6.96. The van der Waals surface area contributed by atoms with Crippen LogP contribution in [0, 0.1) is 0 Å². The van der Waals surface area contributed by atoms with Crippen LogP contribution >= 0.6 is 0 Å². The van der Waals surface area contributed by atoms with E-state index >= 15 is 0 Å². The van der Waals surface area contributed by atoms with E-state index in [0.29, 0.717) is 23.8 Å². The van der Waals surface area contributed by atoms with Crippen LogP contribution in [-0.2, 0) is 7.05 Å². The van der Waals surface area contributed by atoms with Crippen molar-refractivity contribution in [1.29, 1.82) is 0 Å². The predicted molar refractivity (Wildman–Crippen MR) is 137 cm³/mol. The molecule has 4 fully saturated rings. The van der Waals surface area contributed by atoms with Crippen molar-refractivity contribution in [2.45, 2.75) is 100 Å². The zero-order valence-electron chi connectivity index (χ0n) is 21.1. The first kappa shape index (κ1) is 23.8. The quantitative estimate of drug-likeness (QED) is 0.710.